The average molecular weight is 545 g/mol. The van der Waals surface area contributed by atoms with Crippen molar-refractivity contribution in [3.63, 3.8) is 0 Å². The second kappa shape index (κ2) is 11.2. The number of carbonyl (C=O) groups is 1. The monoisotopic (exact) mass is 544 g/mol. The summed E-state index contributed by atoms with van der Waals surface area (Å²) in [5.74, 6) is 1.29. The summed E-state index contributed by atoms with van der Waals surface area (Å²) in [6, 6.07) is 15.5. The number of hydrogen-bond acceptors (Lipinski definition) is 5. The number of benzene rings is 3. The van der Waals surface area contributed by atoms with E-state index < -0.39 is 26.8 Å². The van der Waals surface area contributed by atoms with Gasteiger partial charge in [0, 0.05) is 17.1 Å². The van der Waals surface area contributed by atoms with Crippen LogP contribution in [0.2, 0.25) is 5.02 Å². The van der Waals surface area contributed by atoms with E-state index in [0.717, 1.165) is 23.4 Å². The van der Waals surface area contributed by atoms with Gasteiger partial charge < -0.3 is 10.1 Å². The molecule has 3 aromatic carbocycles. The first-order valence-electron chi connectivity index (χ1n) is 9.98. The smallest absolute Gasteiger partial charge is 0.417 e. The molecule has 0 spiro atoms. The van der Waals surface area contributed by atoms with Crippen molar-refractivity contribution >= 4 is 50.7 Å². The van der Waals surface area contributed by atoms with Crippen LogP contribution in [0.4, 0.5) is 24.5 Å². The van der Waals surface area contributed by atoms with Crippen molar-refractivity contribution in [3.05, 3.63) is 82.9 Å². The van der Waals surface area contributed by atoms with Crippen molar-refractivity contribution in [2.24, 2.45) is 0 Å². The molecule has 0 aromatic heterocycles. The van der Waals surface area contributed by atoms with Crippen LogP contribution in [0.15, 0.2) is 71.6 Å². The fourth-order valence-corrected chi connectivity index (χ4v) is 4.98. The summed E-state index contributed by atoms with van der Waals surface area (Å²) in [6.07, 6.45) is -4.73. The second-order valence-corrected chi connectivity index (χ2v) is 10.3. The fraction of sp³-hybridized carbons (Fsp3) is 0.174. The molecule has 12 heteroatoms. The number of alkyl halides is 3. The van der Waals surface area contributed by atoms with Crippen molar-refractivity contribution < 1.29 is 31.1 Å². The standard InChI is InChI=1S/C23H20ClF3N2O4S2/c1-33-18-7-2-15(3-8-18)13-34-14-22(30)28-16-4-9-19(10-5-16)35(31,32)29-17-6-11-21(24)20(12-17)23(25,26)27/h2-12,29H,13-14H2,1H3,(H,28,30). The maximum atomic E-state index is 13.0. The first kappa shape index (κ1) is 26.7. The number of hydrogen-bond donors (Lipinski definition) is 2. The molecule has 2 N–H and O–H groups in total. The van der Waals surface area contributed by atoms with E-state index in [1.54, 1.807) is 7.11 Å². The van der Waals surface area contributed by atoms with Crippen molar-refractivity contribution in [1.29, 1.82) is 0 Å². The van der Waals surface area contributed by atoms with Gasteiger partial charge in [-0.15, -0.1) is 11.8 Å². The molecule has 0 heterocycles. The molecule has 0 fully saturated rings. The van der Waals surface area contributed by atoms with Gasteiger partial charge >= 0.3 is 6.18 Å². The number of methoxy groups -OCH3 is 1. The summed E-state index contributed by atoms with van der Waals surface area (Å²) in [4.78, 5) is 12.0. The number of thioether (sulfide) groups is 1. The number of amides is 1. The highest BCUT2D eigenvalue weighted by Gasteiger charge is 2.33. The van der Waals surface area contributed by atoms with Crippen LogP contribution in [0.3, 0.4) is 0 Å². The predicted octanol–water partition coefficient (Wildman–Crippen LogP) is 6.04. The van der Waals surface area contributed by atoms with Gasteiger partial charge in [0.15, 0.2) is 0 Å². The van der Waals surface area contributed by atoms with Gasteiger partial charge in [0.25, 0.3) is 10.0 Å². The highest BCUT2D eigenvalue weighted by molar-refractivity contribution is 7.99. The zero-order chi connectivity index (χ0) is 25.6. The third kappa shape index (κ3) is 7.55. The third-order valence-electron chi connectivity index (χ3n) is 4.63. The van der Waals surface area contributed by atoms with Gasteiger partial charge in [-0.25, -0.2) is 8.42 Å². The molecule has 0 saturated heterocycles. The normalized spacial score (nSPS) is 11.7. The van der Waals surface area contributed by atoms with Crippen LogP contribution in [0.1, 0.15) is 11.1 Å². The number of rotatable bonds is 9. The minimum atomic E-state index is -4.73. The summed E-state index contributed by atoms with van der Waals surface area (Å²) in [5, 5.41) is 2.13. The van der Waals surface area contributed by atoms with E-state index >= 15 is 0 Å². The Kier molecular flexibility index (Phi) is 8.57. The maximum Gasteiger partial charge on any atom is 0.417 e. The quantitative estimate of drug-likeness (QED) is 0.343. The highest BCUT2D eigenvalue weighted by atomic mass is 35.5. The van der Waals surface area contributed by atoms with Crippen LogP contribution in [0.5, 0.6) is 5.75 Å². The third-order valence-corrected chi connectivity index (χ3v) is 7.36. The Morgan fingerprint density at radius 3 is 2.23 bits per heavy atom. The number of sulfonamides is 1. The molecule has 0 saturated carbocycles. The van der Waals surface area contributed by atoms with Gasteiger partial charge in [-0.05, 0) is 60.2 Å². The summed E-state index contributed by atoms with van der Waals surface area (Å²) in [6.45, 7) is 0. The second-order valence-electron chi connectivity index (χ2n) is 7.21. The topological polar surface area (TPSA) is 84.5 Å². The lowest BCUT2D eigenvalue weighted by Crippen LogP contribution is -2.16. The first-order valence-corrected chi connectivity index (χ1v) is 13.0. The molecule has 6 nitrogen and oxygen atoms in total. The van der Waals surface area contributed by atoms with Crippen LogP contribution < -0.4 is 14.8 Å². The molecule has 1 amide bonds. The Bertz CT molecular complexity index is 1280. The molecule has 186 valence electrons. The average Bonchev–Trinajstić information content (AvgIpc) is 2.80. The molecular weight excluding hydrogens is 525 g/mol. The molecule has 0 bridgehead atoms. The van der Waals surface area contributed by atoms with Crippen LogP contribution >= 0.6 is 23.4 Å². The molecule has 0 aliphatic heterocycles. The van der Waals surface area contributed by atoms with Crippen molar-refractivity contribution in [2.75, 3.05) is 22.9 Å². The van der Waals surface area contributed by atoms with E-state index in [4.69, 9.17) is 16.3 Å². The van der Waals surface area contributed by atoms with Crippen LogP contribution in [0.25, 0.3) is 0 Å². The Morgan fingerprint density at radius 2 is 1.63 bits per heavy atom. The van der Waals surface area contributed by atoms with Gasteiger partial charge in [0.2, 0.25) is 5.91 Å². The number of ether oxygens (including phenoxy) is 1. The van der Waals surface area contributed by atoms with Gasteiger partial charge in [-0.3, -0.25) is 9.52 Å². The Hall–Kier alpha value is -2.89. The molecule has 35 heavy (non-hydrogen) atoms. The minimum Gasteiger partial charge on any atom is -0.497 e. The Morgan fingerprint density at radius 1 is 1.00 bits per heavy atom. The van der Waals surface area contributed by atoms with E-state index in [0.29, 0.717) is 17.5 Å². The molecule has 0 unspecified atom stereocenters. The molecule has 3 aromatic rings. The SMILES string of the molecule is COc1ccc(CSCC(=O)Nc2ccc(S(=O)(=O)Nc3ccc(Cl)c(C(F)(F)F)c3)cc2)cc1. The Balaban J connectivity index is 1.57. The molecule has 3 rings (SSSR count). The molecule has 0 radical (unpaired) electrons. The zero-order valence-corrected chi connectivity index (χ0v) is 20.6. The van der Waals surface area contributed by atoms with E-state index in [1.165, 1.54) is 36.0 Å². The largest absolute Gasteiger partial charge is 0.497 e. The zero-order valence-electron chi connectivity index (χ0n) is 18.2. The number of carbonyl (C=O) groups excluding carboxylic acids is 1. The van der Waals surface area contributed by atoms with E-state index in [-0.39, 0.29) is 22.2 Å². The van der Waals surface area contributed by atoms with Crippen LogP contribution in [-0.2, 0) is 26.7 Å². The van der Waals surface area contributed by atoms with E-state index in [9.17, 15) is 26.4 Å². The van der Waals surface area contributed by atoms with E-state index in [1.807, 2.05) is 24.3 Å². The first-order chi connectivity index (χ1) is 16.5. The summed E-state index contributed by atoms with van der Waals surface area (Å²) in [5.41, 5.74) is -0.0196. The summed E-state index contributed by atoms with van der Waals surface area (Å²) < 4.78 is 71.4. The van der Waals surface area contributed by atoms with Gasteiger partial charge in [0.1, 0.15) is 5.75 Å². The lowest BCUT2D eigenvalue weighted by molar-refractivity contribution is -0.137. The maximum absolute atomic E-state index is 13.0. The van der Waals surface area contributed by atoms with Crippen LogP contribution in [-0.4, -0.2) is 27.2 Å². The highest BCUT2D eigenvalue weighted by Crippen LogP contribution is 2.36. The van der Waals surface area contributed by atoms with Crippen molar-refractivity contribution in [2.45, 2.75) is 16.8 Å². The van der Waals surface area contributed by atoms with Gasteiger partial charge in [-0.2, -0.15) is 13.2 Å². The molecule has 0 aliphatic rings. The summed E-state index contributed by atoms with van der Waals surface area (Å²) >= 11 is 6.98. The molecule has 0 aliphatic carbocycles. The van der Waals surface area contributed by atoms with Gasteiger partial charge in [-0.1, -0.05) is 23.7 Å². The lowest BCUT2D eigenvalue weighted by Gasteiger charge is -2.13. The minimum absolute atomic E-state index is 0.186. The number of anilines is 2. The van der Waals surface area contributed by atoms with Crippen LogP contribution in [0, 0.1) is 0 Å². The number of nitrogens with one attached hydrogen (secondary N) is 2. The summed E-state index contributed by atoms with van der Waals surface area (Å²) in [7, 11) is -2.59. The van der Waals surface area contributed by atoms with Crippen molar-refractivity contribution in [3.8, 4) is 5.75 Å². The lowest BCUT2D eigenvalue weighted by atomic mass is 10.2. The molecular formula is C23H20ClF3N2O4S2. The van der Waals surface area contributed by atoms with Crippen molar-refractivity contribution in [1.82, 2.24) is 0 Å². The Labute approximate surface area is 209 Å². The number of halogens is 4. The fourth-order valence-electron chi connectivity index (χ4n) is 2.92. The van der Waals surface area contributed by atoms with Gasteiger partial charge in [0.05, 0.1) is 28.3 Å². The predicted molar refractivity (Wildman–Crippen MR) is 131 cm³/mol. The van der Waals surface area contributed by atoms with E-state index in [2.05, 4.69) is 10.0 Å². The molecule has 0 atom stereocenters.